The molecule has 0 bridgehead atoms. The van der Waals surface area contributed by atoms with Gasteiger partial charge in [-0.1, -0.05) is 26.0 Å². The van der Waals surface area contributed by atoms with E-state index in [-0.39, 0.29) is 5.82 Å². The number of aliphatic carboxylic acids is 1. The maximum Gasteiger partial charge on any atom is 0.310 e. The van der Waals surface area contributed by atoms with Gasteiger partial charge in [0.2, 0.25) is 0 Å². The molecular weight excluding hydrogens is 245 g/mol. The summed E-state index contributed by atoms with van der Waals surface area (Å²) < 4.78 is 13.4. The molecule has 3 nitrogen and oxygen atoms in total. The maximum atomic E-state index is 13.4. The first-order valence-corrected chi connectivity index (χ1v) is 6.64. The van der Waals surface area contributed by atoms with Crippen molar-refractivity contribution >= 4 is 5.97 Å². The van der Waals surface area contributed by atoms with Crippen LogP contribution in [0, 0.1) is 18.2 Å². The molecule has 0 saturated carbocycles. The molecule has 106 valence electrons. The third kappa shape index (κ3) is 3.77. The van der Waals surface area contributed by atoms with Gasteiger partial charge in [-0.15, -0.1) is 0 Å². The van der Waals surface area contributed by atoms with Crippen molar-refractivity contribution in [3.05, 3.63) is 35.1 Å². The summed E-state index contributed by atoms with van der Waals surface area (Å²) in [5, 5.41) is 12.4. The Balaban J connectivity index is 2.61. The second-order valence-corrected chi connectivity index (χ2v) is 4.98. The molecule has 2 N–H and O–H groups in total. The predicted molar refractivity (Wildman–Crippen MR) is 73.5 cm³/mol. The maximum absolute atomic E-state index is 13.4. The van der Waals surface area contributed by atoms with Crippen molar-refractivity contribution in [2.75, 3.05) is 6.54 Å². The molecule has 1 aromatic carbocycles. The second-order valence-electron chi connectivity index (χ2n) is 4.98. The minimum atomic E-state index is -0.778. The Kier molecular flexibility index (Phi) is 5.48. The van der Waals surface area contributed by atoms with Crippen LogP contribution in [0.15, 0.2) is 18.2 Å². The number of carboxylic acids is 1. The number of carboxylic acid groups (broad SMARTS) is 1. The van der Waals surface area contributed by atoms with Crippen molar-refractivity contribution in [3.63, 3.8) is 0 Å². The first kappa shape index (κ1) is 15.6. The average Bonchev–Trinajstić information content (AvgIpc) is 2.39. The van der Waals surface area contributed by atoms with E-state index >= 15 is 0 Å². The topological polar surface area (TPSA) is 49.3 Å². The van der Waals surface area contributed by atoms with Crippen LogP contribution in [0.3, 0.4) is 0 Å². The van der Waals surface area contributed by atoms with Crippen LogP contribution in [0.25, 0.3) is 0 Å². The number of rotatable bonds is 7. The summed E-state index contributed by atoms with van der Waals surface area (Å²) in [5.74, 6) is -1.00. The minimum Gasteiger partial charge on any atom is -0.481 e. The van der Waals surface area contributed by atoms with Crippen LogP contribution >= 0.6 is 0 Å². The van der Waals surface area contributed by atoms with E-state index in [1.165, 1.54) is 6.07 Å². The molecule has 0 spiro atoms. The molecule has 0 saturated heterocycles. The number of carbonyl (C=O) groups is 1. The summed E-state index contributed by atoms with van der Waals surface area (Å²) in [6, 6.07) is 5.07. The van der Waals surface area contributed by atoms with E-state index in [4.69, 9.17) is 0 Å². The van der Waals surface area contributed by atoms with E-state index in [9.17, 15) is 14.3 Å². The first-order valence-electron chi connectivity index (χ1n) is 6.64. The van der Waals surface area contributed by atoms with Crippen LogP contribution in [0.5, 0.6) is 0 Å². The third-order valence-corrected chi connectivity index (χ3v) is 3.84. The highest BCUT2D eigenvalue weighted by Crippen LogP contribution is 2.25. The van der Waals surface area contributed by atoms with Gasteiger partial charge < -0.3 is 10.4 Å². The normalized spacial score (nSPS) is 11.6. The Morgan fingerprint density at radius 3 is 2.47 bits per heavy atom. The van der Waals surface area contributed by atoms with Crippen LogP contribution in [0.4, 0.5) is 4.39 Å². The van der Waals surface area contributed by atoms with Crippen molar-refractivity contribution in [2.24, 2.45) is 5.41 Å². The Bertz CT molecular complexity index is 442. The van der Waals surface area contributed by atoms with Gasteiger partial charge in [0.25, 0.3) is 0 Å². The highest BCUT2D eigenvalue weighted by Gasteiger charge is 2.34. The SMILES string of the molecule is CCC(CC)(CNCc1ccc(C)c(F)c1)C(=O)O. The molecule has 0 unspecified atom stereocenters. The van der Waals surface area contributed by atoms with Crippen LogP contribution in [-0.2, 0) is 11.3 Å². The van der Waals surface area contributed by atoms with Crippen molar-refractivity contribution in [2.45, 2.75) is 40.2 Å². The number of hydrogen-bond acceptors (Lipinski definition) is 2. The fourth-order valence-electron chi connectivity index (χ4n) is 2.07. The Morgan fingerprint density at radius 1 is 1.37 bits per heavy atom. The molecule has 0 fully saturated rings. The lowest BCUT2D eigenvalue weighted by molar-refractivity contribution is -0.149. The number of aryl methyl sites for hydroxylation is 1. The smallest absolute Gasteiger partial charge is 0.310 e. The fraction of sp³-hybridized carbons (Fsp3) is 0.533. The predicted octanol–water partition coefficient (Wildman–Crippen LogP) is 3.11. The van der Waals surface area contributed by atoms with Crippen LogP contribution in [0.1, 0.15) is 37.8 Å². The summed E-state index contributed by atoms with van der Waals surface area (Å²) in [4.78, 5) is 11.3. The van der Waals surface area contributed by atoms with Gasteiger partial charge in [0.15, 0.2) is 0 Å². The van der Waals surface area contributed by atoms with Crippen LogP contribution in [-0.4, -0.2) is 17.6 Å². The number of nitrogens with one attached hydrogen (secondary N) is 1. The van der Waals surface area contributed by atoms with Crippen LogP contribution < -0.4 is 5.32 Å². The molecule has 0 radical (unpaired) electrons. The first-order chi connectivity index (χ1) is 8.95. The summed E-state index contributed by atoms with van der Waals surface area (Å²) in [7, 11) is 0. The van der Waals surface area contributed by atoms with Gasteiger partial charge in [-0.05, 0) is 37.0 Å². The van der Waals surface area contributed by atoms with E-state index in [0.29, 0.717) is 31.5 Å². The molecule has 1 aromatic rings. The highest BCUT2D eigenvalue weighted by atomic mass is 19.1. The van der Waals surface area contributed by atoms with E-state index in [2.05, 4.69) is 5.32 Å². The van der Waals surface area contributed by atoms with E-state index in [1.54, 1.807) is 13.0 Å². The van der Waals surface area contributed by atoms with Crippen molar-refractivity contribution in [1.29, 1.82) is 0 Å². The molecule has 0 atom stereocenters. The lowest BCUT2D eigenvalue weighted by Gasteiger charge is -2.27. The molecule has 0 amide bonds. The molecule has 0 aliphatic carbocycles. The molecule has 1 rings (SSSR count). The molecule has 4 heteroatoms. The standard InChI is InChI=1S/C15H22FNO2/c1-4-15(5-2,14(18)19)10-17-9-12-7-6-11(3)13(16)8-12/h6-8,17H,4-5,9-10H2,1-3H3,(H,18,19). The fourth-order valence-corrected chi connectivity index (χ4v) is 2.07. The molecule has 0 aromatic heterocycles. The van der Waals surface area contributed by atoms with Crippen molar-refractivity contribution in [3.8, 4) is 0 Å². The summed E-state index contributed by atoms with van der Waals surface area (Å²) in [6.07, 6.45) is 1.15. The van der Waals surface area contributed by atoms with Crippen molar-refractivity contribution < 1.29 is 14.3 Å². The molecular formula is C15H22FNO2. The lowest BCUT2D eigenvalue weighted by Crippen LogP contribution is -2.40. The van der Waals surface area contributed by atoms with Gasteiger partial charge in [-0.25, -0.2) is 4.39 Å². The molecule has 19 heavy (non-hydrogen) atoms. The zero-order valence-corrected chi connectivity index (χ0v) is 11.8. The van der Waals surface area contributed by atoms with Crippen molar-refractivity contribution in [1.82, 2.24) is 5.32 Å². The zero-order chi connectivity index (χ0) is 14.5. The van der Waals surface area contributed by atoms with Gasteiger partial charge >= 0.3 is 5.97 Å². The van der Waals surface area contributed by atoms with E-state index in [0.717, 1.165) is 5.56 Å². The monoisotopic (exact) mass is 267 g/mol. The Hall–Kier alpha value is -1.42. The van der Waals surface area contributed by atoms with E-state index < -0.39 is 11.4 Å². The van der Waals surface area contributed by atoms with Crippen LogP contribution in [0.2, 0.25) is 0 Å². The summed E-state index contributed by atoms with van der Waals surface area (Å²) in [6.45, 7) is 6.35. The molecule has 0 aliphatic rings. The number of halogens is 1. The van der Waals surface area contributed by atoms with E-state index in [1.807, 2.05) is 19.9 Å². The third-order valence-electron chi connectivity index (χ3n) is 3.84. The molecule has 0 aliphatic heterocycles. The van der Waals surface area contributed by atoms with Gasteiger partial charge in [0.1, 0.15) is 5.82 Å². The second kappa shape index (κ2) is 6.66. The number of benzene rings is 1. The van der Waals surface area contributed by atoms with Gasteiger partial charge in [0.05, 0.1) is 5.41 Å². The summed E-state index contributed by atoms with van der Waals surface area (Å²) in [5.41, 5.74) is 0.712. The highest BCUT2D eigenvalue weighted by molar-refractivity contribution is 5.74. The zero-order valence-electron chi connectivity index (χ0n) is 11.8. The van der Waals surface area contributed by atoms with Gasteiger partial charge in [-0.2, -0.15) is 0 Å². The minimum absolute atomic E-state index is 0.227. The largest absolute Gasteiger partial charge is 0.481 e. The Labute approximate surface area is 113 Å². The van der Waals surface area contributed by atoms with Gasteiger partial charge in [-0.3, -0.25) is 4.79 Å². The lowest BCUT2D eigenvalue weighted by atomic mass is 9.82. The molecule has 0 heterocycles. The number of hydrogen-bond donors (Lipinski definition) is 2. The Morgan fingerprint density at radius 2 is 2.00 bits per heavy atom. The quantitative estimate of drug-likeness (QED) is 0.798. The van der Waals surface area contributed by atoms with Gasteiger partial charge in [0, 0.05) is 13.1 Å². The average molecular weight is 267 g/mol. The summed E-state index contributed by atoms with van der Waals surface area (Å²) >= 11 is 0.